The number of rotatable bonds is 7. The Morgan fingerprint density at radius 2 is 2.04 bits per heavy atom. The van der Waals surface area contributed by atoms with Gasteiger partial charge in [-0.05, 0) is 36.2 Å². The number of hydrogen-bond donors (Lipinski definition) is 1. The summed E-state index contributed by atoms with van der Waals surface area (Å²) in [5.41, 5.74) is 2.27. The van der Waals surface area contributed by atoms with Crippen LogP contribution in [-0.2, 0) is 6.61 Å². The third-order valence-electron chi connectivity index (χ3n) is 3.74. The minimum atomic E-state index is -0.147. The van der Waals surface area contributed by atoms with Gasteiger partial charge >= 0.3 is 0 Å². The Morgan fingerprint density at radius 3 is 2.81 bits per heavy atom. The average Bonchev–Trinajstić information content (AvgIpc) is 3.18. The first kappa shape index (κ1) is 19.7. The average molecular weight is 421 g/mol. The lowest BCUT2D eigenvalue weighted by atomic mass is 10.2. The topological polar surface area (TPSA) is 51.2 Å². The number of aromatic nitrogens is 1. The van der Waals surface area contributed by atoms with E-state index in [0.717, 1.165) is 22.6 Å². The smallest absolute Gasteiger partial charge is 0.270 e. The van der Waals surface area contributed by atoms with E-state index in [-0.39, 0.29) is 5.91 Å². The minimum absolute atomic E-state index is 0.147. The van der Waals surface area contributed by atoms with Gasteiger partial charge in [0.1, 0.15) is 23.1 Å². The van der Waals surface area contributed by atoms with Crippen molar-refractivity contribution in [3.63, 3.8) is 0 Å². The predicted octanol–water partition coefficient (Wildman–Crippen LogP) is 5.84. The highest BCUT2D eigenvalue weighted by molar-refractivity contribution is 7.13. The minimum Gasteiger partial charge on any atom is -0.489 e. The van der Waals surface area contributed by atoms with E-state index in [1.54, 1.807) is 17.5 Å². The van der Waals surface area contributed by atoms with E-state index in [9.17, 15) is 4.79 Å². The van der Waals surface area contributed by atoms with Crippen molar-refractivity contribution >= 4 is 40.4 Å². The molecule has 0 atom stereocenters. The maximum absolute atomic E-state index is 12.0. The van der Waals surface area contributed by atoms with Gasteiger partial charge in [0.2, 0.25) is 0 Å². The van der Waals surface area contributed by atoms with E-state index < -0.39 is 0 Å². The van der Waals surface area contributed by atoms with Crippen LogP contribution in [0.2, 0.25) is 10.0 Å². The summed E-state index contributed by atoms with van der Waals surface area (Å²) in [7, 11) is 0. The molecule has 140 valence electrons. The standard InChI is InChI=1S/C20H18Cl2N2O2S/c1-2-8-23-19(25)18-12-27-20(24-18)14-4-3-5-15(10-14)26-11-13-6-7-16(21)17(22)9-13/h3-7,9-10,12H,2,8,11H2,1H3,(H,23,25). The molecule has 0 aliphatic carbocycles. The normalized spacial score (nSPS) is 10.6. The lowest BCUT2D eigenvalue weighted by molar-refractivity contribution is 0.0949. The molecule has 0 unspecified atom stereocenters. The van der Waals surface area contributed by atoms with Crippen LogP contribution in [0, 0.1) is 0 Å². The summed E-state index contributed by atoms with van der Waals surface area (Å²) in [6.07, 6.45) is 0.890. The fraction of sp³-hybridized carbons (Fsp3) is 0.200. The van der Waals surface area contributed by atoms with Crippen LogP contribution in [-0.4, -0.2) is 17.4 Å². The second kappa shape index (κ2) is 9.22. The number of carbonyl (C=O) groups is 1. The molecule has 0 aliphatic rings. The molecule has 0 radical (unpaired) electrons. The highest BCUT2D eigenvalue weighted by Crippen LogP contribution is 2.28. The molecule has 2 aromatic carbocycles. The first-order valence-corrected chi connectivity index (χ1v) is 10.1. The number of nitrogens with zero attached hydrogens (tertiary/aromatic N) is 1. The number of benzene rings is 2. The molecule has 3 aromatic rings. The van der Waals surface area contributed by atoms with Gasteiger partial charge in [-0.25, -0.2) is 4.98 Å². The van der Waals surface area contributed by atoms with Crippen molar-refractivity contribution in [3.05, 3.63) is 69.1 Å². The van der Waals surface area contributed by atoms with Crippen molar-refractivity contribution in [1.29, 1.82) is 0 Å². The second-order valence-electron chi connectivity index (χ2n) is 5.86. The van der Waals surface area contributed by atoms with E-state index in [2.05, 4.69) is 10.3 Å². The summed E-state index contributed by atoms with van der Waals surface area (Å²) in [6.45, 7) is 3.03. The quantitative estimate of drug-likeness (QED) is 0.522. The number of halogens is 2. The lowest BCUT2D eigenvalue weighted by Gasteiger charge is -2.08. The van der Waals surface area contributed by atoms with E-state index in [1.807, 2.05) is 37.3 Å². The van der Waals surface area contributed by atoms with Crippen molar-refractivity contribution < 1.29 is 9.53 Å². The van der Waals surface area contributed by atoms with Crippen LogP contribution in [0.4, 0.5) is 0 Å². The van der Waals surface area contributed by atoms with Crippen molar-refractivity contribution in [2.75, 3.05) is 6.54 Å². The lowest BCUT2D eigenvalue weighted by Crippen LogP contribution is -2.24. The molecule has 3 rings (SSSR count). The van der Waals surface area contributed by atoms with Crippen LogP contribution < -0.4 is 10.1 Å². The number of ether oxygens (including phenoxy) is 1. The van der Waals surface area contributed by atoms with Crippen molar-refractivity contribution in [3.8, 4) is 16.3 Å². The maximum atomic E-state index is 12.0. The van der Waals surface area contributed by atoms with E-state index >= 15 is 0 Å². The van der Waals surface area contributed by atoms with Crippen LogP contribution in [0.15, 0.2) is 47.8 Å². The van der Waals surface area contributed by atoms with E-state index in [0.29, 0.717) is 34.6 Å². The van der Waals surface area contributed by atoms with Crippen LogP contribution in [0.5, 0.6) is 5.75 Å². The third-order valence-corrected chi connectivity index (χ3v) is 5.37. The highest BCUT2D eigenvalue weighted by atomic mass is 35.5. The maximum Gasteiger partial charge on any atom is 0.270 e. The Bertz CT molecular complexity index is 943. The summed E-state index contributed by atoms with van der Waals surface area (Å²) >= 11 is 13.4. The second-order valence-corrected chi connectivity index (χ2v) is 7.53. The number of hydrogen-bond acceptors (Lipinski definition) is 4. The summed E-state index contributed by atoms with van der Waals surface area (Å²) in [5, 5.41) is 6.40. The Labute approximate surface area is 172 Å². The number of nitrogens with one attached hydrogen (secondary N) is 1. The fourth-order valence-corrected chi connectivity index (χ4v) is 3.47. The van der Waals surface area contributed by atoms with Gasteiger partial charge in [-0.3, -0.25) is 4.79 Å². The van der Waals surface area contributed by atoms with Gasteiger partial charge in [0.05, 0.1) is 10.0 Å². The zero-order chi connectivity index (χ0) is 19.2. The molecule has 7 heteroatoms. The molecule has 0 saturated heterocycles. The molecule has 1 amide bonds. The van der Waals surface area contributed by atoms with Gasteiger partial charge in [0, 0.05) is 17.5 Å². The Morgan fingerprint density at radius 1 is 1.19 bits per heavy atom. The number of thiazole rings is 1. The number of carbonyl (C=O) groups excluding carboxylic acids is 1. The molecular formula is C20H18Cl2N2O2S. The molecule has 0 saturated carbocycles. The van der Waals surface area contributed by atoms with Gasteiger partial charge in [-0.15, -0.1) is 11.3 Å². The molecular weight excluding hydrogens is 403 g/mol. The molecule has 1 aromatic heterocycles. The zero-order valence-corrected chi connectivity index (χ0v) is 17.0. The zero-order valence-electron chi connectivity index (χ0n) is 14.7. The molecule has 4 nitrogen and oxygen atoms in total. The monoisotopic (exact) mass is 420 g/mol. The Kier molecular flexibility index (Phi) is 6.72. The van der Waals surface area contributed by atoms with Gasteiger partial charge in [-0.1, -0.05) is 48.3 Å². The first-order chi connectivity index (χ1) is 13.1. The van der Waals surface area contributed by atoms with E-state index in [4.69, 9.17) is 27.9 Å². The number of amides is 1. The Hall–Kier alpha value is -2.08. The largest absolute Gasteiger partial charge is 0.489 e. The molecule has 0 bridgehead atoms. The van der Waals surface area contributed by atoms with Crippen LogP contribution >= 0.6 is 34.5 Å². The molecule has 1 heterocycles. The van der Waals surface area contributed by atoms with Crippen molar-refractivity contribution in [1.82, 2.24) is 10.3 Å². The summed E-state index contributed by atoms with van der Waals surface area (Å²) in [6, 6.07) is 13.0. The van der Waals surface area contributed by atoms with Crippen LogP contribution in [0.25, 0.3) is 10.6 Å². The SMILES string of the molecule is CCCNC(=O)c1csc(-c2cccc(OCc3ccc(Cl)c(Cl)c3)c2)n1. The van der Waals surface area contributed by atoms with Gasteiger partial charge in [0.25, 0.3) is 5.91 Å². The summed E-state index contributed by atoms with van der Waals surface area (Å²) in [5.74, 6) is 0.567. The van der Waals surface area contributed by atoms with Gasteiger partial charge in [0.15, 0.2) is 0 Å². The van der Waals surface area contributed by atoms with Gasteiger partial charge in [-0.2, -0.15) is 0 Å². The third kappa shape index (κ3) is 5.22. The molecule has 27 heavy (non-hydrogen) atoms. The van der Waals surface area contributed by atoms with Crippen LogP contribution in [0.3, 0.4) is 0 Å². The van der Waals surface area contributed by atoms with Gasteiger partial charge < -0.3 is 10.1 Å². The van der Waals surface area contributed by atoms with Crippen LogP contribution in [0.1, 0.15) is 29.4 Å². The molecule has 1 N–H and O–H groups in total. The fourth-order valence-electron chi connectivity index (χ4n) is 2.35. The Balaban J connectivity index is 1.69. The van der Waals surface area contributed by atoms with Crippen molar-refractivity contribution in [2.24, 2.45) is 0 Å². The molecule has 0 aliphatic heterocycles. The molecule has 0 fully saturated rings. The predicted molar refractivity (Wildman–Crippen MR) is 111 cm³/mol. The highest BCUT2D eigenvalue weighted by Gasteiger charge is 2.12. The first-order valence-electron chi connectivity index (χ1n) is 8.47. The van der Waals surface area contributed by atoms with E-state index in [1.165, 1.54) is 11.3 Å². The molecule has 0 spiro atoms. The summed E-state index contributed by atoms with van der Waals surface area (Å²) in [4.78, 5) is 16.4. The summed E-state index contributed by atoms with van der Waals surface area (Å²) < 4.78 is 5.85. The van der Waals surface area contributed by atoms with Crippen molar-refractivity contribution in [2.45, 2.75) is 20.0 Å².